The van der Waals surface area contributed by atoms with E-state index < -0.39 is 0 Å². The average molecular weight is 453 g/mol. The van der Waals surface area contributed by atoms with Gasteiger partial charge in [-0.2, -0.15) is 9.97 Å². The van der Waals surface area contributed by atoms with Crippen LogP contribution in [0.1, 0.15) is 38.1 Å². The molecule has 33 heavy (non-hydrogen) atoms. The number of imidazole rings is 1. The van der Waals surface area contributed by atoms with Crippen LogP contribution >= 0.6 is 0 Å². The number of hydrogen-bond donors (Lipinski definition) is 3. The van der Waals surface area contributed by atoms with Crippen LogP contribution in [0.15, 0.2) is 29.1 Å². The van der Waals surface area contributed by atoms with Crippen LogP contribution in [0.2, 0.25) is 0 Å². The molecular formula is C23H32N8O2. The first-order valence-corrected chi connectivity index (χ1v) is 11.3. The first-order valence-electron chi connectivity index (χ1n) is 11.3. The summed E-state index contributed by atoms with van der Waals surface area (Å²) in [6.07, 6.45) is 0. The number of nitrogens with one attached hydrogen (secondary N) is 3. The van der Waals surface area contributed by atoms with Crippen molar-refractivity contribution in [1.29, 1.82) is 0 Å². The number of carbonyl (C=O) groups excluding carboxylic acids is 1. The van der Waals surface area contributed by atoms with E-state index in [0.29, 0.717) is 34.9 Å². The van der Waals surface area contributed by atoms with Gasteiger partial charge in [0.25, 0.3) is 11.5 Å². The van der Waals surface area contributed by atoms with Gasteiger partial charge in [-0.15, -0.1) is 0 Å². The molecule has 3 heterocycles. The lowest BCUT2D eigenvalue weighted by atomic mass is 10.1. The predicted octanol–water partition coefficient (Wildman–Crippen LogP) is 1.83. The number of fused-ring (bicyclic) bond motifs is 1. The van der Waals surface area contributed by atoms with Gasteiger partial charge in [-0.1, -0.05) is 12.1 Å². The zero-order valence-electron chi connectivity index (χ0n) is 19.9. The monoisotopic (exact) mass is 452 g/mol. The number of nitrogens with zero attached hydrogens (tertiary/aromatic N) is 5. The van der Waals surface area contributed by atoms with E-state index in [1.165, 1.54) is 4.57 Å². The van der Waals surface area contributed by atoms with Crippen LogP contribution in [0, 0.1) is 0 Å². The molecule has 0 aliphatic carbocycles. The molecule has 176 valence electrons. The van der Waals surface area contributed by atoms with Crippen LogP contribution in [0.3, 0.4) is 0 Å². The summed E-state index contributed by atoms with van der Waals surface area (Å²) in [6, 6.07) is 7.18. The van der Waals surface area contributed by atoms with E-state index in [-0.39, 0.29) is 17.0 Å². The number of aryl methyl sites for hydroxylation is 1. The largest absolute Gasteiger partial charge is 0.347 e. The van der Waals surface area contributed by atoms with Crippen molar-refractivity contribution in [3.63, 3.8) is 0 Å². The van der Waals surface area contributed by atoms with Gasteiger partial charge in [0.15, 0.2) is 11.2 Å². The number of hydrogen-bond acceptors (Lipinski definition) is 7. The van der Waals surface area contributed by atoms with Gasteiger partial charge in [0.1, 0.15) is 0 Å². The van der Waals surface area contributed by atoms with Crippen molar-refractivity contribution in [3.8, 4) is 0 Å². The summed E-state index contributed by atoms with van der Waals surface area (Å²) in [4.78, 5) is 37.8. The van der Waals surface area contributed by atoms with Crippen molar-refractivity contribution in [1.82, 2.24) is 29.7 Å². The molecule has 0 atom stereocenters. The Kier molecular flexibility index (Phi) is 6.11. The number of para-hydroxylation sites is 1. The summed E-state index contributed by atoms with van der Waals surface area (Å²) in [6.45, 7) is 11.8. The third kappa shape index (κ3) is 4.56. The van der Waals surface area contributed by atoms with Crippen molar-refractivity contribution >= 4 is 34.7 Å². The summed E-state index contributed by atoms with van der Waals surface area (Å²) >= 11 is 0. The van der Waals surface area contributed by atoms with E-state index in [2.05, 4.69) is 25.8 Å². The van der Waals surface area contributed by atoms with Gasteiger partial charge < -0.3 is 25.4 Å². The zero-order chi connectivity index (χ0) is 23.8. The molecular weight excluding hydrogens is 420 g/mol. The van der Waals surface area contributed by atoms with Gasteiger partial charge in [-0.25, -0.2) is 0 Å². The van der Waals surface area contributed by atoms with Gasteiger partial charge in [0.05, 0.1) is 11.3 Å². The lowest BCUT2D eigenvalue weighted by Gasteiger charge is -2.28. The van der Waals surface area contributed by atoms with Crippen molar-refractivity contribution in [3.05, 3.63) is 40.2 Å². The maximum atomic E-state index is 13.3. The maximum Gasteiger partial charge on any atom is 0.280 e. The molecule has 3 N–H and O–H groups in total. The molecule has 0 spiro atoms. The molecule has 0 saturated carbocycles. The van der Waals surface area contributed by atoms with E-state index in [1.54, 1.807) is 25.2 Å². The Balaban J connectivity index is 1.75. The Morgan fingerprint density at radius 1 is 1.15 bits per heavy atom. The second-order valence-electron chi connectivity index (χ2n) is 9.24. The second kappa shape index (κ2) is 8.86. The van der Waals surface area contributed by atoms with Crippen LogP contribution < -0.4 is 26.4 Å². The molecule has 1 aromatic carbocycles. The molecule has 0 bridgehead atoms. The van der Waals surface area contributed by atoms with E-state index in [4.69, 9.17) is 4.98 Å². The molecule has 2 aromatic heterocycles. The van der Waals surface area contributed by atoms with Crippen LogP contribution in [0.5, 0.6) is 0 Å². The number of aromatic nitrogens is 4. The standard InChI is InChI=1S/C23H32N8O2/c1-6-31-17-18(27-22(31)30-13-11-24-12-14-30)26-21(29(5)20(17)33)25-16-10-8-7-9-15(16)19(32)28-23(2,3)4/h7-10,24H,6,11-14H2,1-5H3,(H,25,26)(H,28,32). The Bertz CT molecular complexity index is 1230. The highest BCUT2D eigenvalue weighted by atomic mass is 16.2. The van der Waals surface area contributed by atoms with Gasteiger partial charge in [0.2, 0.25) is 11.9 Å². The van der Waals surface area contributed by atoms with Crippen molar-refractivity contribution in [2.45, 2.75) is 39.8 Å². The third-order valence-electron chi connectivity index (χ3n) is 5.59. The van der Waals surface area contributed by atoms with E-state index in [1.807, 2.05) is 38.3 Å². The van der Waals surface area contributed by atoms with Gasteiger partial charge in [0, 0.05) is 45.3 Å². The topological polar surface area (TPSA) is 109 Å². The van der Waals surface area contributed by atoms with E-state index in [0.717, 1.165) is 32.1 Å². The van der Waals surface area contributed by atoms with E-state index >= 15 is 0 Å². The van der Waals surface area contributed by atoms with Gasteiger partial charge in [-0.05, 0) is 39.8 Å². The second-order valence-corrected chi connectivity index (χ2v) is 9.24. The molecule has 1 aliphatic rings. The number of rotatable bonds is 5. The minimum absolute atomic E-state index is 0.185. The minimum Gasteiger partial charge on any atom is -0.347 e. The van der Waals surface area contributed by atoms with Gasteiger partial charge >= 0.3 is 0 Å². The smallest absolute Gasteiger partial charge is 0.280 e. The molecule has 0 radical (unpaired) electrons. The summed E-state index contributed by atoms with van der Waals surface area (Å²) in [5, 5.41) is 9.50. The summed E-state index contributed by atoms with van der Waals surface area (Å²) < 4.78 is 3.40. The average Bonchev–Trinajstić information content (AvgIpc) is 3.15. The first-order chi connectivity index (χ1) is 15.7. The maximum absolute atomic E-state index is 13.3. The molecule has 0 unspecified atom stereocenters. The Morgan fingerprint density at radius 3 is 2.52 bits per heavy atom. The van der Waals surface area contributed by atoms with Crippen LogP contribution in [0.4, 0.5) is 17.6 Å². The number of anilines is 3. The van der Waals surface area contributed by atoms with Crippen molar-refractivity contribution < 1.29 is 4.79 Å². The molecule has 1 amide bonds. The number of benzene rings is 1. The predicted molar refractivity (Wildman–Crippen MR) is 130 cm³/mol. The highest BCUT2D eigenvalue weighted by molar-refractivity contribution is 6.00. The molecule has 10 heteroatoms. The molecule has 1 saturated heterocycles. The fourth-order valence-corrected chi connectivity index (χ4v) is 3.98. The summed E-state index contributed by atoms with van der Waals surface area (Å²) in [5.74, 6) is 0.893. The van der Waals surface area contributed by atoms with Gasteiger partial charge in [-0.3, -0.25) is 14.2 Å². The number of amides is 1. The quantitative estimate of drug-likeness (QED) is 0.542. The lowest BCUT2D eigenvalue weighted by molar-refractivity contribution is 0.0920. The summed E-state index contributed by atoms with van der Waals surface area (Å²) in [5.41, 5.74) is 1.36. The zero-order valence-corrected chi connectivity index (χ0v) is 19.9. The molecule has 4 rings (SSSR count). The first kappa shape index (κ1) is 22.8. The minimum atomic E-state index is -0.373. The fraction of sp³-hybridized carbons (Fsp3) is 0.478. The third-order valence-corrected chi connectivity index (χ3v) is 5.59. The molecule has 10 nitrogen and oxygen atoms in total. The normalized spacial score (nSPS) is 14.5. The highest BCUT2D eigenvalue weighted by Gasteiger charge is 2.23. The fourth-order valence-electron chi connectivity index (χ4n) is 3.98. The lowest BCUT2D eigenvalue weighted by Crippen LogP contribution is -2.44. The molecule has 1 fully saturated rings. The van der Waals surface area contributed by atoms with Crippen molar-refractivity contribution in [2.75, 3.05) is 36.4 Å². The van der Waals surface area contributed by atoms with Crippen LogP contribution in [-0.4, -0.2) is 56.7 Å². The van der Waals surface area contributed by atoms with Crippen LogP contribution in [0.25, 0.3) is 11.2 Å². The number of piperazine rings is 1. The molecule has 1 aliphatic heterocycles. The van der Waals surface area contributed by atoms with Crippen LogP contribution in [-0.2, 0) is 13.6 Å². The SMILES string of the molecule is CCn1c(N2CCNCC2)nc2nc(Nc3ccccc3C(=O)NC(C)(C)C)n(C)c(=O)c21. The van der Waals surface area contributed by atoms with Crippen molar-refractivity contribution in [2.24, 2.45) is 7.05 Å². The molecule has 3 aromatic rings. The Morgan fingerprint density at radius 2 is 1.85 bits per heavy atom. The highest BCUT2D eigenvalue weighted by Crippen LogP contribution is 2.24. The van der Waals surface area contributed by atoms with E-state index in [9.17, 15) is 9.59 Å². The number of carbonyl (C=O) groups is 1. The Hall–Kier alpha value is -3.40. The summed E-state index contributed by atoms with van der Waals surface area (Å²) in [7, 11) is 1.67. The Labute approximate surface area is 193 Å².